The van der Waals surface area contributed by atoms with E-state index >= 15 is 0 Å². The molecule has 2 heteroatoms. The van der Waals surface area contributed by atoms with E-state index in [1.54, 1.807) is 6.08 Å². The zero-order valence-corrected chi connectivity index (χ0v) is 14.2. The number of rotatable bonds is 2. The van der Waals surface area contributed by atoms with Crippen molar-refractivity contribution in [2.75, 3.05) is 0 Å². The molecule has 0 saturated carbocycles. The van der Waals surface area contributed by atoms with Crippen LogP contribution in [0.2, 0.25) is 0 Å². The second-order valence-electron chi connectivity index (χ2n) is 5.55. The first kappa shape index (κ1) is 17.1. The van der Waals surface area contributed by atoms with Crippen LogP contribution >= 0.6 is 0 Å². The third kappa shape index (κ3) is 2.98. The highest BCUT2D eigenvalue weighted by molar-refractivity contribution is 6.24. The van der Waals surface area contributed by atoms with Gasteiger partial charge in [-0.25, -0.2) is 0 Å². The lowest BCUT2D eigenvalue weighted by Crippen LogP contribution is -2.04. The Morgan fingerprint density at radius 2 is 1.65 bits per heavy atom. The normalized spacial score (nSPS) is 16.7. The highest BCUT2D eigenvalue weighted by atomic mass is 16.1. The number of Topliss-reactive ketones (excluding diaryl/α,β-unsaturated/α-hetero) is 2. The molecule has 1 aromatic rings. The second-order valence-corrected chi connectivity index (χ2v) is 5.55. The van der Waals surface area contributed by atoms with Crippen LogP contribution in [0.25, 0.3) is 5.57 Å². The fourth-order valence-corrected chi connectivity index (χ4v) is 3.22. The molecule has 2 aliphatic carbocycles. The van der Waals surface area contributed by atoms with Crippen molar-refractivity contribution in [1.82, 2.24) is 0 Å². The van der Waals surface area contributed by atoms with E-state index in [0.29, 0.717) is 17.6 Å². The minimum absolute atomic E-state index is 0.0393. The van der Waals surface area contributed by atoms with Crippen molar-refractivity contribution in [3.8, 4) is 0 Å². The predicted molar refractivity (Wildman–Crippen MR) is 95.9 cm³/mol. The van der Waals surface area contributed by atoms with Gasteiger partial charge in [0.25, 0.3) is 0 Å². The van der Waals surface area contributed by atoms with Gasteiger partial charge in [0.05, 0.1) is 0 Å². The number of hydrogen-bond acceptors (Lipinski definition) is 2. The lowest BCUT2D eigenvalue weighted by Gasteiger charge is -2.09. The molecule has 0 N–H and O–H groups in total. The molecule has 0 bridgehead atoms. The summed E-state index contributed by atoms with van der Waals surface area (Å²) in [6.07, 6.45) is 8.83. The lowest BCUT2D eigenvalue weighted by molar-refractivity contribution is 0.0980. The van der Waals surface area contributed by atoms with Gasteiger partial charge < -0.3 is 0 Å². The Bertz CT molecular complexity index is 718. The van der Waals surface area contributed by atoms with Gasteiger partial charge in [0.1, 0.15) is 0 Å². The van der Waals surface area contributed by atoms with Gasteiger partial charge in [-0.3, -0.25) is 9.59 Å². The zero-order chi connectivity index (χ0) is 17.0. The Morgan fingerprint density at radius 3 is 2.30 bits per heavy atom. The monoisotopic (exact) mass is 308 g/mol. The number of aryl methyl sites for hydroxylation is 1. The minimum atomic E-state index is 0.0393. The maximum Gasteiger partial charge on any atom is 0.194 e. The predicted octanol–water partition coefficient (Wildman–Crippen LogP) is 5.33. The average Bonchev–Trinajstić information content (AvgIpc) is 2.71. The summed E-state index contributed by atoms with van der Waals surface area (Å²) in [7, 11) is 0. The van der Waals surface area contributed by atoms with E-state index in [-0.39, 0.29) is 11.6 Å². The number of benzene rings is 1. The van der Waals surface area contributed by atoms with Crippen molar-refractivity contribution in [3.05, 3.63) is 64.8 Å². The van der Waals surface area contributed by atoms with Crippen LogP contribution in [-0.2, 0) is 6.42 Å². The molecule has 0 fully saturated rings. The van der Waals surface area contributed by atoms with Crippen molar-refractivity contribution < 1.29 is 9.59 Å². The fraction of sp³-hybridized carbons (Fsp3) is 0.333. The number of fused-ring (bicyclic) bond motifs is 2. The zero-order valence-electron chi connectivity index (χ0n) is 14.2. The second kappa shape index (κ2) is 7.36. The molecule has 2 aliphatic rings. The maximum absolute atomic E-state index is 12.6. The molecule has 0 amide bonds. The smallest absolute Gasteiger partial charge is 0.194 e. The van der Waals surface area contributed by atoms with Crippen LogP contribution in [0.15, 0.2) is 42.5 Å². The van der Waals surface area contributed by atoms with Crippen LogP contribution in [0, 0.1) is 0 Å². The fourth-order valence-electron chi connectivity index (χ4n) is 3.22. The Morgan fingerprint density at radius 1 is 0.957 bits per heavy atom. The standard InChI is InChI=1S/C19H18O2.C2H6/c1-3-7-14-13(4-2)16-11-15-12(10-17(16)19(14)21)8-5-6-9-18(15)20;1-2/h3-4,7,10-11H,2,5-6,8-9H2,1H3;1-2H3/b7-3-;. The van der Waals surface area contributed by atoms with Crippen LogP contribution in [0.1, 0.15) is 71.9 Å². The molecule has 0 radical (unpaired) electrons. The van der Waals surface area contributed by atoms with Crippen LogP contribution < -0.4 is 0 Å². The van der Waals surface area contributed by atoms with E-state index in [1.165, 1.54) is 0 Å². The van der Waals surface area contributed by atoms with Crippen LogP contribution in [0.4, 0.5) is 0 Å². The van der Waals surface area contributed by atoms with E-state index < -0.39 is 0 Å². The molecule has 0 saturated heterocycles. The lowest BCUT2D eigenvalue weighted by atomic mass is 9.94. The van der Waals surface area contributed by atoms with Gasteiger partial charge in [-0.1, -0.05) is 38.7 Å². The molecule has 1 aromatic carbocycles. The topological polar surface area (TPSA) is 34.1 Å². The summed E-state index contributed by atoms with van der Waals surface area (Å²) >= 11 is 0. The van der Waals surface area contributed by atoms with Crippen LogP contribution in [0.3, 0.4) is 0 Å². The summed E-state index contributed by atoms with van der Waals surface area (Å²) in [5.41, 5.74) is 4.90. The Labute approximate surface area is 138 Å². The number of hydrogen-bond donors (Lipinski definition) is 0. The highest BCUT2D eigenvalue weighted by Gasteiger charge is 2.29. The van der Waals surface area contributed by atoms with Crippen LogP contribution in [-0.4, -0.2) is 11.6 Å². The summed E-state index contributed by atoms with van der Waals surface area (Å²) in [6.45, 7) is 9.72. The Hall–Kier alpha value is -2.22. The van der Waals surface area contributed by atoms with E-state index in [9.17, 15) is 9.59 Å². The SMILES string of the molecule is C=CC1=C(/C=C\C)C(=O)c2cc3c(cc21)C(=O)CCCC3.CC. The Kier molecular flexibility index (Phi) is 5.49. The molecule has 3 rings (SSSR count). The molecule has 23 heavy (non-hydrogen) atoms. The van der Waals surface area contributed by atoms with E-state index in [2.05, 4.69) is 6.58 Å². The molecule has 2 nitrogen and oxygen atoms in total. The van der Waals surface area contributed by atoms with Gasteiger partial charge in [0.15, 0.2) is 11.6 Å². The summed E-state index contributed by atoms with van der Waals surface area (Å²) < 4.78 is 0. The van der Waals surface area contributed by atoms with E-state index in [0.717, 1.165) is 41.5 Å². The first-order valence-electron chi connectivity index (χ1n) is 8.42. The number of ketones is 2. The van der Waals surface area contributed by atoms with Gasteiger partial charge in [-0.05, 0) is 55.0 Å². The van der Waals surface area contributed by atoms with Gasteiger partial charge in [-0.15, -0.1) is 0 Å². The van der Waals surface area contributed by atoms with Gasteiger partial charge in [-0.2, -0.15) is 0 Å². The van der Waals surface area contributed by atoms with Crippen LogP contribution in [0.5, 0.6) is 0 Å². The molecule has 0 unspecified atom stereocenters. The molecule has 0 aromatic heterocycles. The minimum Gasteiger partial charge on any atom is -0.294 e. The third-order valence-corrected chi connectivity index (χ3v) is 4.25. The van der Waals surface area contributed by atoms with Gasteiger partial charge in [0.2, 0.25) is 0 Å². The summed E-state index contributed by atoms with van der Waals surface area (Å²) in [6, 6.07) is 3.83. The highest BCUT2D eigenvalue weighted by Crippen LogP contribution is 2.37. The number of carbonyl (C=O) groups excluding carboxylic acids is 2. The average molecular weight is 308 g/mol. The molecule has 0 aliphatic heterocycles. The molecule has 0 heterocycles. The quantitative estimate of drug-likeness (QED) is 0.692. The van der Waals surface area contributed by atoms with E-state index in [1.807, 2.05) is 45.1 Å². The number of allylic oxidation sites excluding steroid dienone is 5. The molecule has 120 valence electrons. The van der Waals surface area contributed by atoms with Gasteiger partial charge >= 0.3 is 0 Å². The van der Waals surface area contributed by atoms with Crippen molar-refractivity contribution in [3.63, 3.8) is 0 Å². The summed E-state index contributed by atoms with van der Waals surface area (Å²) in [5, 5.41) is 0. The van der Waals surface area contributed by atoms with Crippen molar-refractivity contribution in [1.29, 1.82) is 0 Å². The molecular weight excluding hydrogens is 284 g/mol. The van der Waals surface area contributed by atoms with Gasteiger partial charge in [0, 0.05) is 23.1 Å². The van der Waals surface area contributed by atoms with Crippen molar-refractivity contribution in [2.45, 2.75) is 46.5 Å². The number of carbonyl (C=O) groups is 2. The Balaban J connectivity index is 0.000000924. The van der Waals surface area contributed by atoms with E-state index in [4.69, 9.17) is 0 Å². The molecular formula is C21H24O2. The first-order chi connectivity index (χ1) is 11.2. The molecule has 0 spiro atoms. The first-order valence-corrected chi connectivity index (χ1v) is 8.42. The third-order valence-electron chi connectivity index (χ3n) is 4.25. The summed E-state index contributed by atoms with van der Waals surface area (Å²) in [4.78, 5) is 24.8. The molecule has 0 atom stereocenters. The maximum atomic E-state index is 12.6. The van der Waals surface area contributed by atoms with Crippen molar-refractivity contribution in [2.24, 2.45) is 0 Å². The summed E-state index contributed by atoms with van der Waals surface area (Å²) in [5.74, 6) is 0.234. The largest absolute Gasteiger partial charge is 0.294 e. The van der Waals surface area contributed by atoms with Crippen molar-refractivity contribution >= 4 is 17.1 Å².